The van der Waals surface area contributed by atoms with Gasteiger partial charge in [0.25, 0.3) is 5.91 Å². The van der Waals surface area contributed by atoms with Crippen molar-refractivity contribution in [2.45, 2.75) is 12.5 Å². The second-order valence-electron chi connectivity index (χ2n) is 4.56. The molecule has 9 heteroatoms. The summed E-state index contributed by atoms with van der Waals surface area (Å²) < 4.78 is 0.862. The van der Waals surface area contributed by atoms with Gasteiger partial charge >= 0.3 is 11.9 Å². The fourth-order valence-electron chi connectivity index (χ4n) is 1.95. The van der Waals surface area contributed by atoms with Gasteiger partial charge in [-0.05, 0) is 23.8 Å². The Hall–Kier alpha value is -1.71. The molecule has 0 unspecified atom stereocenters. The van der Waals surface area contributed by atoms with Crippen LogP contribution in [0.15, 0.2) is 33.6 Å². The number of benzene rings is 1. The van der Waals surface area contributed by atoms with Crippen molar-refractivity contribution < 1.29 is 24.6 Å². The lowest BCUT2D eigenvalue weighted by molar-refractivity contribution is -0.150. The van der Waals surface area contributed by atoms with Crippen molar-refractivity contribution in [2.24, 2.45) is 0 Å². The van der Waals surface area contributed by atoms with Crippen LogP contribution in [-0.4, -0.2) is 43.3 Å². The molecule has 0 bridgehead atoms. The van der Waals surface area contributed by atoms with Gasteiger partial charge in [0.15, 0.2) is 0 Å². The first-order valence-electron chi connectivity index (χ1n) is 6.27. The van der Waals surface area contributed by atoms with Gasteiger partial charge in [-0.3, -0.25) is 14.5 Å². The molecule has 2 rings (SSSR count). The first kappa shape index (κ1) is 17.6. The molecule has 2 N–H and O–H groups in total. The van der Waals surface area contributed by atoms with E-state index in [9.17, 15) is 19.5 Å². The largest absolute Gasteiger partial charge is 0.481 e. The molecule has 1 fully saturated rings. The molecule has 0 aromatic heterocycles. The summed E-state index contributed by atoms with van der Waals surface area (Å²) in [7, 11) is 0. The number of aliphatic carboxylic acids is 2. The van der Waals surface area contributed by atoms with Crippen LogP contribution in [0.2, 0.25) is 0 Å². The first-order chi connectivity index (χ1) is 10.8. The maximum atomic E-state index is 12.4. The quantitative estimate of drug-likeness (QED) is 0.563. The average Bonchev–Trinajstić information content (AvgIpc) is 2.71. The minimum Gasteiger partial charge on any atom is -0.481 e. The SMILES string of the molecule is O=C(O)C[C@H](C(=O)O)N1C(=O)/C(=C\c2cccc(Br)c2)SC1=S. The van der Waals surface area contributed by atoms with Crippen LogP contribution in [0.25, 0.3) is 6.08 Å². The van der Waals surface area contributed by atoms with Gasteiger partial charge < -0.3 is 10.2 Å². The van der Waals surface area contributed by atoms with Crippen LogP contribution in [0, 0.1) is 0 Å². The number of amides is 1. The van der Waals surface area contributed by atoms with Gasteiger partial charge in [0.2, 0.25) is 0 Å². The number of hydrogen-bond donors (Lipinski definition) is 2. The average molecular weight is 416 g/mol. The third-order valence-electron chi connectivity index (χ3n) is 2.93. The molecule has 1 aliphatic rings. The second-order valence-corrected chi connectivity index (χ2v) is 7.15. The van der Waals surface area contributed by atoms with E-state index < -0.39 is 30.3 Å². The van der Waals surface area contributed by atoms with Gasteiger partial charge in [-0.15, -0.1) is 0 Å². The lowest BCUT2D eigenvalue weighted by Crippen LogP contribution is -2.45. The summed E-state index contributed by atoms with van der Waals surface area (Å²) >= 11 is 9.32. The molecule has 1 atom stereocenters. The maximum Gasteiger partial charge on any atom is 0.327 e. The lowest BCUT2D eigenvalue weighted by Gasteiger charge is -2.21. The molecule has 1 amide bonds. The highest BCUT2D eigenvalue weighted by molar-refractivity contribution is 9.10. The highest BCUT2D eigenvalue weighted by Gasteiger charge is 2.41. The summed E-state index contributed by atoms with van der Waals surface area (Å²) in [4.78, 5) is 35.6. The topological polar surface area (TPSA) is 94.9 Å². The number of carboxylic acid groups (broad SMARTS) is 2. The lowest BCUT2D eigenvalue weighted by atomic mass is 10.1. The fourth-order valence-corrected chi connectivity index (χ4v) is 3.72. The Labute approximate surface area is 149 Å². The molecule has 1 aromatic carbocycles. The zero-order chi connectivity index (χ0) is 17.1. The third kappa shape index (κ3) is 4.18. The van der Waals surface area contributed by atoms with Crippen molar-refractivity contribution in [3.63, 3.8) is 0 Å². The molecule has 0 radical (unpaired) electrons. The second kappa shape index (κ2) is 7.24. The normalized spacial score (nSPS) is 17.6. The van der Waals surface area contributed by atoms with E-state index in [-0.39, 0.29) is 9.23 Å². The Bertz CT molecular complexity index is 734. The van der Waals surface area contributed by atoms with Crippen molar-refractivity contribution >= 4 is 68.2 Å². The zero-order valence-electron chi connectivity index (χ0n) is 11.4. The first-order valence-corrected chi connectivity index (χ1v) is 8.28. The number of thiocarbonyl (C=S) groups is 1. The van der Waals surface area contributed by atoms with E-state index in [0.29, 0.717) is 0 Å². The summed E-state index contributed by atoms with van der Waals surface area (Å²) in [5.41, 5.74) is 0.741. The highest BCUT2D eigenvalue weighted by atomic mass is 79.9. The number of thioether (sulfide) groups is 1. The van der Waals surface area contributed by atoms with Crippen LogP contribution in [0.3, 0.4) is 0 Å². The molecule has 0 saturated carbocycles. The van der Waals surface area contributed by atoms with E-state index >= 15 is 0 Å². The molecule has 1 saturated heterocycles. The summed E-state index contributed by atoms with van der Waals surface area (Å²) in [5.74, 6) is -3.33. The minimum absolute atomic E-state index is 0.0323. The molecule has 23 heavy (non-hydrogen) atoms. The zero-order valence-corrected chi connectivity index (χ0v) is 14.7. The Morgan fingerprint density at radius 1 is 1.39 bits per heavy atom. The summed E-state index contributed by atoms with van der Waals surface area (Å²) in [6, 6.07) is 5.67. The van der Waals surface area contributed by atoms with Gasteiger partial charge in [0.05, 0.1) is 11.3 Å². The van der Waals surface area contributed by atoms with E-state index in [1.54, 1.807) is 24.3 Å². The van der Waals surface area contributed by atoms with Gasteiger partial charge in [-0.2, -0.15) is 0 Å². The van der Waals surface area contributed by atoms with E-state index in [1.165, 1.54) is 0 Å². The van der Waals surface area contributed by atoms with Crippen LogP contribution in [-0.2, 0) is 14.4 Å². The van der Waals surface area contributed by atoms with Crippen molar-refractivity contribution in [2.75, 3.05) is 0 Å². The van der Waals surface area contributed by atoms with Gasteiger partial charge in [-0.25, -0.2) is 4.79 Å². The third-order valence-corrected chi connectivity index (χ3v) is 4.76. The number of hydrogen-bond acceptors (Lipinski definition) is 5. The minimum atomic E-state index is -1.52. The van der Waals surface area contributed by atoms with Crippen molar-refractivity contribution in [3.8, 4) is 0 Å². The van der Waals surface area contributed by atoms with Crippen molar-refractivity contribution in [1.82, 2.24) is 4.90 Å². The number of carbonyl (C=O) groups is 3. The van der Waals surface area contributed by atoms with Crippen molar-refractivity contribution in [1.29, 1.82) is 0 Å². The molecule has 0 aliphatic carbocycles. The Balaban J connectivity index is 2.32. The molecule has 1 aromatic rings. The van der Waals surface area contributed by atoms with Crippen LogP contribution >= 0.6 is 39.9 Å². The predicted molar refractivity (Wildman–Crippen MR) is 92.8 cm³/mol. The smallest absolute Gasteiger partial charge is 0.327 e. The van der Waals surface area contributed by atoms with Crippen LogP contribution < -0.4 is 0 Å². The van der Waals surface area contributed by atoms with E-state index in [4.69, 9.17) is 17.3 Å². The summed E-state index contributed by atoms with van der Waals surface area (Å²) in [6.07, 6.45) is 0.871. The molecule has 1 heterocycles. The number of carbonyl (C=O) groups excluding carboxylic acids is 1. The molecular weight excluding hydrogens is 406 g/mol. The van der Waals surface area contributed by atoms with Gasteiger partial charge in [0, 0.05) is 4.47 Å². The summed E-state index contributed by atoms with van der Waals surface area (Å²) in [6.45, 7) is 0. The predicted octanol–water partition coefficient (Wildman–Crippen LogP) is 2.58. The molecule has 1 aliphatic heterocycles. The van der Waals surface area contributed by atoms with Crippen molar-refractivity contribution in [3.05, 3.63) is 39.2 Å². The van der Waals surface area contributed by atoms with Crippen LogP contribution in [0.4, 0.5) is 0 Å². The Kier molecular flexibility index (Phi) is 5.55. The van der Waals surface area contributed by atoms with E-state index in [2.05, 4.69) is 15.9 Å². The Morgan fingerprint density at radius 3 is 2.65 bits per heavy atom. The number of nitrogens with zero attached hydrogens (tertiary/aromatic N) is 1. The Morgan fingerprint density at radius 2 is 2.09 bits per heavy atom. The standard InChI is InChI=1S/C14H10BrNO5S2/c15-8-3-1-2-7(4-8)5-10-12(19)16(14(22)23-10)9(13(20)21)6-11(17)18/h1-5,9H,6H2,(H,17,18)(H,20,21)/b10-5+/t9-/m1/s1. The highest BCUT2D eigenvalue weighted by Crippen LogP contribution is 2.34. The molecular formula is C14H10BrNO5S2. The molecule has 6 nitrogen and oxygen atoms in total. The number of halogens is 1. The fraction of sp³-hybridized carbons (Fsp3) is 0.143. The van der Waals surface area contributed by atoms with E-state index in [0.717, 1.165) is 26.7 Å². The number of carboxylic acids is 2. The monoisotopic (exact) mass is 415 g/mol. The molecule has 0 spiro atoms. The van der Waals surface area contributed by atoms with Gasteiger partial charge in [-0.1, -0.05) is 52.0 Å². The molecule has 120 valence electrons. The van der Waals surface area contributed by atoms with E-state index in [1.807, 2.05) is 6.07 Å². The van der Waals surface area contributed by atoms with Gasteiger partial charge in [0.1, 0.15) is 10.4 Å². The number of rotatable bonds is 5. The summed E-state index contributed by atoms with van der Waals surface area (Å²) in [5, 5.41) is 18.0. The van der Waals surface area contributed by atoms with Crippen LogP contribution in [0.5, 0.6) is 0 Å². The maximum absolute atomic E-state index is 12.4. The van der Waals surface area contributed by atoms with Crippen LogP contribution in [0.1, 0.15) is 12.0 Å².